The van der Waals surface area contributed by atoms with Crippen molar-refractivity contribution in [3.63, 3.8) is 0 Å². The van der Waals surface area contributed by atoms with Crippen LogP contribution in [0.2, 0.25) is 0 Å². The minimum Gasteiger partial charge on any atom is -0.507 e. The minimum absolute atomic E-state index is 0.0135. The second-order valence-electron chi connectivity index (χ2n) is 5.74. The van der Waals surface area contributed by atoms with Crippen LogP contribution >= 0.6 is 0 Å². The van der Waals surface area contributed by atoms with Gasteiger partial charge in [-0.05, 0) is 37.6 Å². The molecule has 5 heteroatoms. The lowest BCUT2D eigenvalue weighted by Crippen LogP contribution is -2.25. The van der Waals surface area contributed by atoms with Gasteiger partial charge in [0.2, 0.25) is 0 Å². The molecule has 1 unspecified atom stereocenters. The first-order valence-electron chi connectivity index (χ1n) is 7.61. The number of aromatic nitrogens is 2. The van der Waals surface area contributed by atoms with E-state index in [0.29, 0.717) is 17.9 Å². The number of aromatic hydroxyl groups is 1. The van der Waals surface area contributed by atoms with Crippen molar-refractivity contribution >= 4 is 16.7 Å². The maximum atomic E-state index is 10.3. The molecular formula is C18H20N4O. The molecule has 0 bridgehead atoms. The number of hydrogen-bond acceptors (Lipinski definition) is 5. The normalized spacial score (nSPS) is 12.3. The highest BCUT2D eigenvalue weighted by Crippen LogP contribution is 2.32. The molecule has 0 saturated heterocycles. The maximum absolute atomic E-state index is 10.3. The standard InChI is InChI=1S/C18H20N4O/c1-11-6-5-8-14(16(11)23)18-21-15-9-4-3-7-13(15)17(22-18)20-10-12(2)19/h3-9,12,23H,10,19H2,1-2H3,(H,20,21,22). The Morgan fingerprint density at radius 2 is 1.91 bits per heavy atom. The van der Waals surface area contributed by atoms with Crippen LogP contribution in [0.4, 0.5) is 5.82 Å². The molecule has 0 aliphatic heterocycles. The topological polar surface area (TPSA) is 84.1 Å². The van der Waals surface area contributed by atoms with E-state index in [0.717, 1.165) is 22.3 Å². The summed E-state index contributed by atoms with van der Waals surface area (Å²) in [5.41, 5.74) is 8.08. The highest BCUT2D eigenvalue weighted by Gasteiger charge is 2.13. The average Bonchev–Trinajstić information content (AvgIpc) is 2.55. The number of phenolic OH excluding ortho intramolecular Hbond substituents is 1. The molecule has 0 saturated carbocycles. The molecule has 0 spiro atoms. The number of rotatable bonds is 4. The zero-order chi connectivity index (χ0) is 16.4. The Morgan fingerprint density at radius 3 is 2.70 bits per heavy atom. The quantitative estimate of drug-likeness (QED) is 0.690. The first-order chi connectivity index (χ1) is 11.1. The molecule has 5 nitrogen and oxygen atoms in total. The Hall–Kier alpha value is -2.66. The number of nitrogens with two attached hydrogens (primary N) is 1. The highest BCUT2D eigenvalue weighted by atomic mass is 16.3. The molecule has 0 radical (unpaired) electrons. The van der Waals surface area contributed by atoms with E-state index >= 15 is 0 Å². The lowest BCUT2D eigenvalue weighted by atomic mass is 10.1. The summed E-state index contributed by atoms with van der Waals surface area (Å²) in [7, 11) is 0. The van der Waals surface area contributed by atoms with Gasteiger partial charge in [-0.2, -0.15) is 0 Å². The lowest BCUT2D eigenvalue weighted by molar-refractivity contribution is 0.473. The van der Waals surface area contributed by atoms with Crippen molar-refractivity contribution in [2.45, 2.75) is 19.9 Å². The zero-order valence-corrected chi connectivity index (χ0v) is 13.2. The minimum atomic E-state index is 0.0135. The third-order valence-corrected chi connectivity index (χ3v) is 3.67. The van der Waals surface area contributed by atoms with E-state index in [1.165, 1.54) is 0 Å². The summed E-state index contributed by atoms with van der Waals surface area (Å²) < 4.78 is 0. The fraction of sp³-hybridized carbons (Fsp3) is 0.222. The van der Waals surface area contributed by atoms with Crippen LogP contribution in [-0.4, -0.2) is 27.7 Å². The molecule has 0 aliphatic carbocycles. The van der Waals surface area contributed by atoms with Gasteiger partial charge in [-0.3, -0.25) is 0 Å². The van der Waals surface area contributed by atoms with Crippen molar-refractivity contribution in [2.75, 3.05) is 11.9 Å². The van der Waals surface area contributed by atoms with Crippen LogP contribution in [0.1, 0.15) is 12.5 Å². The highest BCUT2D eigenvalue weighted by molar-refractivity contribution is 5.91. The molecule has 3 aromatic rings. The van der Waals surface area contributed by atoms with Gasteiger partial charge >= 0.3 is 0 Å². The van der Waals surface area contributed by atoms with E-state index in [1.54, 1.807) is 0 Å². The summed E-state index contributed by atoms with van der Waals surface area (Å²) in [5.74, 6) is 1.43. The molecule has 118 valence electrons. The predicted octanol–water partition coefficient (Wildman–Crippen LogP) is 3.07. The monoisotopic (exact) mass is 308 g/mol. The van der Waals surface area contributed by atoms with Crippen LogP contribution in [0, 0.1) is 6.92 Å². The van der Waals surface area contributed by atoms with Gasteiger partial charge in [0.25, 0.3) is 0 Å². The molecule has 0 aliphatic rings. The molecule has 1 atom stereocenters. The number of aryl methyl sites for hydroxylation is 1. The van der Waals surface area contributed by atoms with Crippen molar-refractivity contribution in [1.82, 2.24) is 9.97 Å². The van der Waals surface area contributed by atoms with Gasteiger partial charge in [0, 0.05) is 18.0 Å². The third-order valence-electron chi connectivity index (χ3n) is 3.67. The number of nitrogens with one attached hydrogen (secondary N) is 1. The fourth-order valence-corrected chi connectivity index (χ4v) is 2.43. The fourth-order valence-electron chi connectivity index (χ4n) is 2.43. The van der Waals surface area contributed by atoms with E-state index in [9.17, 15) is 5.11 Å². The van der Waals surface area contributed by atoms with Gasteiger partial charge in [-0.1, -0.05) is 24.3 Å². The summed E-state index contributed by atoms with van der Waals surface area (Å²) in [6.45, 7) is 4.40. The summed E-state index contributed by atoms with van der Waals surface area (Å²) in [6, 6.07) is 13.4. The van der Waals surface area contributed by atoms with Crippen LogP contribution in [0.25, 0.3) is 22.3 Å². The van der Waals surface area contributed by atoms with E-state index in [1.807, 2.05) is 56.3 Å². The number of fused-ring (bicyclic) bond motifs is 1. The summed E-state index contributed by atoms with van der Waals surface area (Å²) in [5, 5.41) is 14.5. The summed E-state index contributed by atoms with van der Waals surface area (Å²) >= 11 is 0. The number of anilines is 1. The largest absolute Gasteiger partial charge is 0.507 e. The summed E-state index contributed by atoms with van der Waals surface area (Å²) in [6.07, 6.45) is 0. The van der Waals surface area contributed by atoms with E-state index < -0.39 is 0 Å². The molecule has 1 aromatic heterocycles. The van der Waals surface area contributed by atoms with Crippen LogP contribution < -0.4 is 11.1 Å². The van der Waals surface area contributed by atoms with Crippen molar-refractivity contribution in [3.8, 4) is 17.1 Å². The smallest absolute Gasteiger partial charge is 0.165 e. The maximum Gasteiger partial charge on any atom is 0.165 e. The number of phenols is 1. The van der Waals surface area contributed by atoms with Crippen LogP contribution in [0.15, 0.2) is 42.5 Å². The lowest BCUT2D eigenvalue weighted by Gasteiger charge is -2.13. The molecule has 2 aromatic carbocycles. The van der Waals surface area contributed by atoms with Gasteiger partial charge < -0.3 is 16.2 Å². The van der Waals surface area contributed by atoms with Crippen molar-refractivity contribution in [3.05, 3.63) is 48.0 Å². The van der Waals surface area contributed by atoms with Gasteiger partial charge in [0.15, 0.2) is 5.82 Å². The van der Waals surface area contributed by atoms with E-state index in [4.69, 9.17) is 5.73 Å². The second-order valence-corrected chi connectivity index (χ2v) is 5.74. The van der Waals surface area contributed by atoms with Gasteiger partial charge in [-0.15, -0.1) is 0 Å². The Labute approximate surface area is 135 Å². The number of hydrogen-bond donors (Lipinski definition) is 3. The third kappa shape index (κ3) is 3.10. The van der Waals surface area contributed by atoms with Crippen molar-refractivity contribution in [2.24, 2.45) is 5.73 Å². The Kier molecular flexibility index (Phi) is 4.12. The Morgan fingerprint density at radius 1 is 1.13 bits per heavy atom. The Balaban J connectivity index is 2.16. The molecule has 3 rings (SSSR count). The zero-order valence-electron chi connectivity index (χ0n) is 13.2. The number of benzene rings is 2. The molecule has 23 heavy (non-hydrogen) atoms. The van der Waals surface area contributed by atoms with Gasteiger partial charge in [0.1, 0.15) is 11.6 Å². The van der Waals surface area contributed by atoms with Crippen molar-refractivity contribution in [1.29, 1.82) is 0 Å². The van der Waals surface area contributed by atoms with Gasteiger partial charge in [-0.25, -0.2) is 9.97 Å². The van der Waals surface area contributed by atoms with Gasteiger partial charge in [0.05, 0.1) is 11.1 Å². The first kappa shape index (κ1) is 15.2. The second kappa shape index (κ2) is 6.22. The molecular weight excluding hydrogens is 288 g/mol. The van der Waals surface area contributed by atoms with E-state index in [2.05, 4.69) is 15.3 Å². The van der Waals surface area contributed by atoms with E-state index in [-0.39, 0.29) is 11.8 Å². The molecule has 1 heterocycles. The number of nitrogens with zero attached hydrogens (tertiary/aromatic N) is 2. The Bertz CT molecular complexity index is 846. The predicted molar refractivity (Wildman–Crippen MR) is 93.5 cm³/mol. The molecule has 0 fully saturated rings. The average molecular weight is 308 g/mol. The molecule has 4 N–H and O–H groups in total. The first-order valence-corrected chi connectivity index (χ1v) is 7.61. The molecule has 0 amide bonds. The summed E-state index contributed by atoms with van der Waals surface area (Å²) in [4.78, 5) is 9.20. The number of para-hydroxylation sites is 2. The van der Waals surface area contributed by atoms with Crippen LogP contribution in [-0.2, 0) is 0 Å². The van der Waals surface area contributed by atoms with Crippen LogP contribution in [0.3, 0.4) is 0 Å². The van der Waals surface area contributed by atoms with Crippen LogP contribution in [0.5, 0.6) is 5.75 Å². The SMILES string of the molecule is Cc1cccc(-c2nc(NCC(C)N)c3ccccc3n2)c1O. The van der Waals surface area contributed by atoms with Crippen molar-refractivity contribution < 1.29 is 5.11 Å².